The Balaban J connectivity index is 2.25. The van der Waals surface area contributed by atoms with E-state index >= 15 is 0 Å². The first-order chi connectivity index (χ1) is 11.5. The molecule has 0 radical (unpaired) electrons. The second-order valence-electron chi connectivity index (χ2n) is 4.55. The van der Waals surface area contributed by atoms with Crippen molar-refractivity contribution in [2.24, 2.45) is 0 Å². The summed E-state index contributed by atoms with van der Waals surface area (Å²) in [6, 6.07) is 14.5. The van der Waals surface area contributed by atoms with E-state index in [0.29, 0.717) is 32.1 Å². The molecule has 0 saturated heterocycles. The Morgan fingerprint density at radius 1 is 1.04 bits per heavy atom. The third kappa shape index (κ3) is 4.66. The summed E-state index contributed by atoms with van der Waals surface area (Å²) in [5, 5.41) is 22.6. The molecular formula is C17H10Cl2FN3S. The summed E-state index contributed by atoms with van der Waals surface area (Å²) in [7, 11) is 0. The van der Waals surface area contributed by atoms with E-state index in [1.54, 1.807) is 18.2 Å². The minimum Gasteiger partial charge on any atom is -0.349 e. The fourth-order valence-electron chi connectivity index (χ4n) is 1.78. The van der Waals surface area contributed by atoms with E-state index in [1.165, 1.54) is 36.0 Å². The third-order valence-corrected chi connectivity index (χ3v) is 4.71. The number of nitrogens with zero attached hydrogens (tertiary/aromatic N) is 2. The molecule has 2 aromatic rings. The van der Waals surface area contributed by atoms with Gasteiger partial charge in [-0.05, 0) is 42.0 Å². The number of anilines is 1. The Morgan fingerprint density at radius 3 is 2.17 bits per heavy atom. The molecule has 0 spiro atoms. The number of benzene rings is 2. The summed E-state index contributed by atoms with van der Waals surface area (Å²) in [6.45, 7) is 0. The maximum absolute atomic E-state index is 13.0. The molecule has 0 aliphatic rings. The predicted molar refractivity (Wildman–Crippen MR) is 96.0 cm³/mol. The van der Waals surface area contributed by atoms with Gasteiger partial charge in [-0.1, -0.05) is 29.3 Å². The second kappa shape index (κ2) is 8.61. The van der Waals surface area contributed by atoms with Crippen LogP contribution in [0.1, 0.15) is 5.56 Å². The third-order valence-electron chi connectivity index (χ3n) is 2.98. The first-order valence-corrected chi connectivity index (χ1v) is 8.42. The molecule has 120 valence electrons. The molecule has 0 fully saturated rings. The molecular weight excluding hydrogens is 368 g/mol. The molecule has 24 heavy (non-hydrogen) atoms. The molecule has 3 nitrogen and oxygen atoms in total. The molecule has 0 bridgehead atoms. The summed E-state index contributed by atoms with van der Waals surface area (Å²) in [5.74, 6) is -0.00287. The van der Waals surface area contributed by atoms with Crippen LogP contribution >= 0.6 is 35.0 Å². The average molecular weight is 378 g/mol. The number of halogens is 3. The fourth-order valence-corrected chi connectivity index (χ4v) is 3.49. The van der Waals surface area contributed by atoms with Crippen molar-refractivity contribution in [3.05, 3.63) is 74.5 Å². The van der Waals surface area contributed by atoms with Crippen LogP contribution in [-0.2, 0) is 5.75 Å². The van der Waals surface area contributed by atoms with Gasteiger partial charge in [-0.3, -0.25) is 0 Å². The van der Waals surface area contributed by atoms with Gasteiger partial charge in [0.15, 0.2) is 5.57 Å². The predicted octanol–water partition coefficient (Wildman–Crippen LogP) is 5.74. The van der Waals surface area contributed by atoms with Crippen LogP contribution < -0.4 is 5.32 Å². The smallest absolute Gasteiger partial charge is 0.159 e. The van der Waals surface area contributed by atoms with E-state index in [2.05, 4.69) is 5.32 Å². The van der Waals surface area contributed by atoms with Crippen molar-refractivity contribution in [1.29, 1.82) is 10.5 Å². The monoisotopic (exact) mass is 377 g/mol. The Bertz CT molecular complexity index is 815. The highest BCUT2D eigenvalue weighted by Gasteiger charge is 2.12. The highest BCUT2D eigenvalue weighted by molar-refractivity contribution is 8.02. The van der Waals surface area contributed by atoms with Gasteiger partial charge in [0.1, 0.15) is 23.0 Å². The van der Waals surface area contributed by atoms with Crippen molar-refractivity contribution in [2.75, 3.05) is 5.32 Å². The van der Waals surface area contributed by atoms with Crippen molar-refractivity contribution in [3.8, 4) is 12.1 Å². The van der Waals surface area contributed by atoms with Crippen molar-refractivity contribution in [3.63, 3.8) is 0 Å². The topological polar surface area (TPSA) is 59.6 Å². The molecule has 0 amide bonds. The zero-order valence-corrected chi connectivity index (χ0v) is 14.5. The van der Waals surface area contributed by atoms with Crippen LogP contribution in [0.5, 0.6) is 0 Å². The Hall–Kier alpha value is -2.18. The van der Waals surface area contributed by atoms with E-state index in [0.717, 1.165) is 0 Å². The first-order valence-electron chi connectivity index (χ1n) is 6.68. The SMILES string of the molecule is N#CC(C#N)=C(Nc1ccc(F)cc1)SCc1c(Cl)cccc1Cl. The van der Waals surface area contributed by atoms with Gasteiger partial charge in [-0.2, -0.15) is 10.5 Å². The number of hydrogen-bond acceptors (Lipinski definition) is 4. The van der Waals surface area contributed by atoms with Crippen LogP contribution in [0.3, 0.4) is 0 Å². The minimum absolute atomic E-state index is 0.0764. The van der Waals surface area contributed by atoms with Gasteiger partial charge in [-0.15, -0.1) is 11.8 Å². The molecule has 2 rings (SSSR count). The summed E-state index contributed by atoms with van der Waals surface area (Å²) in [4.78, 5) is 0. The van der Waals surface area contributed by atoms with Gasteiger partial charge in [0.2, 0.25) is 0 Å². The van der Waals surface area contributed by atoms with E-state index < -0.39 is 0 Å². The number of hydrogen-bond donors (Lipinski definition) is 1. The number of allylic oxidation sites excluding steroid dienone is 1. The molecule has 0 aromatic heterocycles. The molecule has 7 heteroatoms. The molecule has 0 aliphatic carbocycles. The molecule has 0 heterocycles. The summed E-state index contributed by atoms with van der Waals surface area (Å²) in [6.07, 6.45) is 0. The van der Waals surface area contributed by atoms with Crippen LogP contribution in [0.25, 0.3) is 0 Å². The van der Waals surface area contributed by atoms with Gasteiger partial charge in [-0.25, -0.2) is 4.39 Å². The van der Waals surface area contributed by atoms with Crippen molar-refractivity contribution < 1.29 is 4.39 Å². The van der Waals surface area contributed by atoms with E-state index in [9.17, 15) is 4.39 Å². The quantitative estimate of drug-likeness (QED) is 0.675. The van der Waals surface area contributed by atoms with Gasteiger partial charge in [0.25, 0.3) is 0 Å². The van der Waals surface area contributed by atoms with E-state index in [1.807, 2.05) is 12.1 Å². The first kappa shape index (κ1) is 18.2. The molecule has 0 atom stereocenters. The van der Waals surface area contributed by atoms with E-state index in [4.69, 9.17) is 33.7 Å². The maximum atomic E-state index is 13.0. The second-order valence-corrected chi connectivity index (χ2v) is 6.35. The summed E-state index contributed by atoms with van der Waals surface area (Å²) < 4.78 is 13.0. The Morgan fingerprint density at radius 2 is 1.62 bits per heavy atom. The normalized spacial score (nSPS) is 9.71. The number of thioether (sulfide) groups is 1. The van der Waals surface area contributed by atoms with E-state index in [-0.39, 0.29) is 11.4 Å². The largest absolute Gasteiger partial charge is 0.349 e. The Kier molecular flexibility index (Phi) is 6.52. The zero-order chi connectivity index (χ0) is 17.5. The molecule has 2 aromatic carbocycles. The fraction of sp³-hybridized carbons (Fsp3) is 0.0588. The lowest BCUT2D eigenvalue weighted by atomic mass is 10.2. The molecule has 1 N–H and O–H groups in total. The number of rotatable bonds is 5. The van der Waals surface area contributed by atoms with Crippen LogP contribution in [0.4, 0.5) is 10.1 Å². The maximum Gasteiger partial charge on any atom is 0.159 e. The number of nitrogens with one attached hydrogen (secondary N) is 1. The minimum atomic E-state index is -0.373. The lowest BCUT2D eigenvalue weighted by Gasteiger charge is -2.12. The zero-order valence-electron chi connectivity index (χ0n) is 12.2. The Labute approximate surface area is 153 Å². The molecule has 0 aliphatic heterocycles. The lowest BCUT2D eigenvalue weighted by Crippen LogP contribution is -2.00. The lowest BCUT2D eigenvalue weighted by molar-refractivity contribution is 0.628. The van der Waals surface area contributed by atoms with Crippen molar-refractivity contribution >= 4 is 40.7 Å². The van der Waals surface area contributed by atoms with Gasteiger partial charge < -0.3 is 5.32 Å². The number of nitriles is 2. The average Bonchev–Trinajstić information content (AvgIpc) is 2.57. The van der Waals surface area contributed by atoms with Crippen LogP contribution in [0.15, 0.2) is 53.1 Å². The van der Waals surface area contributed by atoms with Crippen LogP contribution in [0, 0.1) is 28.5 Å². The standard InChI is InChI=1S/C17H10Cl2FN3S/c18-15-2-1-3-16(19)14(15)10-24-17(11(8-21)9-22)23-13-6-4-12(20)5-7-13/h1-7,23H,10H2. The van der Waals surface area contributed by atoms with Crippen LogP contribution in [0.2, 0.25) is 10.0 Å². The van der Waals surface area contributed by atoms with Gasteiger partial charge in [0.05, 0.1) is 0 Å². The van der Waals surface area contributed by atoms with Crippen LogP contribution in [-0.4, -0.2) is 0 Å². The summed E-state index contributed by atoms with van der Waals surface area (Å²) in [5.41, 5.74) is 1.19. The summed E-state index contributed by atoms with van der Waals surface area (Å²) >= 11 is 13.5. The highest BCUT2D eigenvalue weighted by Crippen LogP contribution is 2.32. The molecule has 0 saturated carbocycles. The van der Waals surface area contributed by atoms with Crippen molar-refractivity contribution in [2.45, 2.75) is 5.75 Å². The molecule has 0 unspecified atom stereocenters. The van der Waals surface area contributed by atoms with Gasteiger partial charge >= 0.3 is 0 Å². The van der Waals surface area contributed by atoms with Gasteiger partial charge in [0, 0.05) is 21.5 Å². The highest BCUT2D eigenvalue weighted by atomic mass is 35.5. The van der Waals surface area contributed by atoms with Crippen molar-refractivity contribution in [1.82, 2.24) is 0 Å².